The molecule has 2 rings (SSSR count). The zero-order valence-electron chi connectivity index (χ0n) is 11.2. The quantitative estimate of drug-likeness (QED) is 0.752. The Hall–Kier alpha value is -0.680. The van der Waals surface area contributed by atoms with E-state index in [1.807, 2.05) is 0 Å². The fourth-order valence-corrected chi connectivity index (χ4v) is 3.30. The van der Waals surface area contributed by atoms with Crippen molar-refractivity contribution in [1.29, 1.82) is 0 Å². The largest absolute Gasteiger partial charge is 0.393 e. The normalized spacial score (nSPS) is 33.8. The van der Waals surface area contributed by atoms with E-state index in [1.165, 1.54) is 19.3 Å². The van der Waals surface area contributed by atoms with Crippen molar-refractivity contribution in [2.45, 2.75) is 57.2 Å². The fraction of sp³-hybridized carbons (Fsp3) is 0.846. The van der Waals surface area contributed by atoms with E-state index in [9.17, 15) is 4.79 Å². The van der Waals surface area contributed by atoms with E-state index in [1.54, 1.807) is 6.92 Å². The molecule has 0 aliphatic carbocycles. The summed E-state index contributed by atoms with van der Waals surface area (Å²) in [6.45, 7) is 1.77. The van der Waals surface area contributed by atoms with Crippen molar-refractivity contribution >= 4 is 23.1 Å². The van der Waals surface area contributed by atoms with Gasteiger partial charge in [0.1, 0.15) is 0 Å². The van der Waals surface area contributed by atoms with Crippen LogP contribution in [0, 0.1) is 5.92 Å². The molecule has 2 heterocycles. The summed E-state index contributed by atoms with van der Waals surface area (Å²) >= 11 is 4.87. The molecule has 0 saturated carbocycles. The number of nitrogens with one attached hydrogen (secondary N) is 1. The number of piperidine rings is 2. The van der Waals surface area contributed by atoms with Crippen LogP contribution in [0.4, 0.5) is 0 Å². The highest BCUT2D eigenvalue weighted by Gasteiger charge is 2.36. The van der Waals surface area contributed by atoms with Crippen LogP contribution in [0.5, 0.6) is 0 Å². The molecule has 2 bridgehead atoms. The molecule has 5 heteroatoms. The topological polar surface area (TPSA) is 58.4 Å². The molecule has 2 saturated heterocycles. The Labute approximate surface area is 114 Å². The molecule has 4 nitrogen and oxygen atoms in total. The van der Waals surface area contributed by atoms with Gasteiger partial charge in [0.25, 0.3) is 0 Å². The van der Waals surface area contributed by atoms with Gasteiger partial charge in [0.05, 0.1) is 10.9 Å². The van der Waals surface area contributed by atoms with Crippen LogP contribution in [-0.2, 0) is 4.79 Å². The molecule has 0 aromatic carbocycles. The van der Waals surface area contributed by atoms with Crippen molar-refractivity contribution in [2.24, 2.45) is 11.7 Å². The predicted octanol–water partition coefficient (Wildman–Crippen LogP) is 1.04. The SMILES string of the molecule is CC(C(=O)NC1CC2CCCC(C1)N2C)C(N)=S. The lowest BCUT2D eigenvalue weighted by Gasteiger charge is -2.47. The van der Waals surface area contributed by atoms with Crippen LogP contribution in [0.3, 0.4) is 0 Å². The number of rotatable bonds is 3. The Morgan fingerprint density at radius 3 is 2.44 bits per heavy atom. The van der Waals surface area contributed by atoms with E-state index >= 15 is 0 Å². The first-order valence-corrected chi connectivity index (χ1v) is 7.21. The zero-order valence-corrected chi connectivity index (χ0v) is 12.0. The van der Waals surface area contributed by atoms with Crippen LogP contribution in [0.25, 0.3) is 0 Å². The summed E-state index contributed by atoms with van der Waals surface area (Å²) < 4.78 is 0. The lowest BCUT2D eigenvalue weighted by atomic mass is 9.82. The number of amides is 1. The molecule has 2 fully saturated rings. The van der Waals surface area contributed by atoms with Gasteiger partial charge in [-0.1, -0.05) is 18.6 Å². The number of thiocarbonyl (C=S) groups is 1. The summed E-state index contributed by atoms with van der Waals surface area (Å²) in [4.78, 5) is 14.7. The number of carbonyl (C=O) groups is 1. The molecule has 3 unspecified atom stereocenters. The lowest BCUT2D eigenvalue weighted by Crippen LogP contribution is -2.56. The van der Waals surface area contributed by atoms with Crippen molar-refractivity contribution in [3.63, 3.8) is 0 Å². The molecule has 0 spiro atoms. The second-order valence-corrected chi connectivity index (χ2v) is 6.18. The highest BCUT2D eigenvalue weighted by Crippen LogP contribution is 2.32. The van der Waals surface area contributed by atoms with Crippen molar-refractivity contribution in [2.75, 3.05) is 7.05 Å². The number of hydrogen-bond donors (Lipinski definition) is 2. The summed E-state index contributed by atoms with van der Waals surface area (Å²) in [5.41, 5.74) is 5.52. The summed E-state index contributed by atoms with van der Waals surface area (Å²) in [6.07, 6.45) is 5.95. The first kappa shape index (κ1) is 13.7. The summed E-state index contributed by atoms with van der Waals surface area (Å²) in [5, 5.41) is 3.12. The minimum atomic E-state index is -0.362. The van der Waals surface area contributed by atoms with Crippen LogP contribution in [0.15, 0.2) is 0 Å². The number of nitrogens with two attached hydrogens (primary N) is 1. The van der Waals surface area contributed by atoms with Crippen molar-refractivity contribution < 1.29 is 4.79 Å². The van der Waals surface area contributed by atoms with Gasteiger partial charge in [0.15, 0.2) is 0 Å². The van der Waals surface area contributed by atoms with Crippen LogP contribution >= 0.6 is 12.2 Å². The van der Waals surface area contributed by atoms with Gasteiger partial charge in [0, 0.05) is 18.1 Å². The smallest absolute Gasteiger partial charge is 0.229 e. The Bertz CT molecular complexity index is 333. The van der Waals surface area contributed by atoms with E-state index in [4.69, 9.17) is 18.0 Å². The number of nitrogens with zero attached hydrogens (tertiary/aromatic N) is 1. The van der Waals surface area contributed by atoms with Crippen molar-refractivity contribution in [3.8, 4) is 0 Å². The lowest BCUT2D eigenvalue weighted by molar-refractivity contribution is -0.124. The average molecular weight is 269 g/mol. The first-order chi connectivity index (χ1) is 8.49. The van der Waals surface area contributed by atoms with E-state index in [0.29, 0.717) is 18.1 Å². The fourth-order valence-electron chi connectivity index (χ4n) is 3.19. The highest BCUT2D eigenvalue weighted by molar-refractivity contribution is 7.80. The van der Waals surface area contributed by atoms with E-state index in [-0.39, 0.29) is 16.8 Å². The molecular formula is C13H23N3OS. The number of carbonyl (C=O) groups excluding carboxylic acids is 1. The van der Waals surface area contributed by atoms with Gasteiger partial charge in [-0.3, -0.25) is 4.79 Å². The minimum Gasteiger partial charge on any atom is -0.393 e. The maximum atomic E-state index is 12.0. The van der Waals surface area contributed by atoms with Crippen molar-refractivity contribution in [3.05, 3.63) is 0 Å². The molecule has 0 radical (unpaired) electrons. The molecule has 0 aromatic heterocycles. The van der Waals surface area contributed by atoms with E-state index in [2.05, 4.69) is 17.3 Å². The molecule has 102 valence electrons. The molecule has 18 heavy (non-hydrogen) atoms. The van der Waals surface area contributed by atoms with Gasteiger partial charge in [-0.2, -0.15) is 0 Å². The van der Waals surface area contributed by atoms with Crippen LogP contribution in [0.1, 0.15) is 39.0 Å². The maximum absolute atomic E-state index is 12.0. The molecular weight excluding hydrogens is 246 g/mol. The third-order valence-electron chi connectivity index (χ3n) is 4.51. The summed E-state index contributed by atoms with van der Waals surface area (Å²) in [5.74, 6) is -0.380. The second kappa shape index (κ2) is 5.53. The number of hydrogen-bond acceptors (Lipinski definition) is 3. The Kier molecular flexibility index (Phi) is 4.22. The molecule has 3 N–H and O–H groups in total. The van der Waals surface area contributed by atoms with E-state index in [0.717, 1.165) is 12.8 Å². The van der Waals surface area contributed by atoms with Gasteiger partial charge >= 0.3 is 0 Å². The average Bonchev–Trinajstić information content (AvgIpc) is 2.29. The highest BCUT2D eigenvalue weighted by atomic mass is 32.1. The summed E-state index contributed by atoms with van der Waals surface area (Å²) in [6, 6.07) is 1.55. The molecule has 0 aromatic rings. The van der Waals surface area contributed by atoms with Crippen LogP contribution in [0.2, 0.25) is 0 Å². The minimum absolute atomic E-state index is 0.0184. The monoisotopic (exact) mass is 269 g/mol. The molecule has 1 amide bonds. The van der Waals surface area contributed by atoms with Crippen LogP contribution < -0.4 is 11.1 Å². The first-order valence-electron chi connectivity index (χ1n) is 6.80. The Morgan fingerprint density at radius 1 is 1.39 bits per heavy atom. The van der Waals surface area contributed by atoms with Gasteiger partial charge < -0.3 is 16.0 Å². The van der Waals surface area contributed by atoms with Gasteiger partial charge in [-0.05, 0) is 39.7 Å². The second-order valence-electron chi connectivity index (χ2n) is 5.70. The standard InChI is InChI=1S/C13H23N3OS/c1-8(12(14)18)13(17)15-9-6-10-4-3-5-11(7-9)16(10)2/h8-11H,3-7H2,1-2H3,(H2,14,18)(H,15,17). The third-order valence-corrected chi connectivity index (χ3v) is 4.86. The zero-order chi connectivity index (χ0) is 13.3. The van der Waals surface area contributed by atoms with E-state index < -0.39 is 0 Å². The molecule has 2 aliphatic rings. The molecule has 2 aliphatic heterocycles. The Balaban J connectivity index is 1.92. The maximum Gasteiger partial charge on any atom is 0.229 e. The van der Waals surface area contributed by atoms with Gasteiger partial charge in [-0.25, -0.2) is 0 Å². The van der Waals surface area contributed by atoms with Crippen molar-refractivity contribution in [1.82, 2.24) is 10.2 Å². The molecule has 3 atom stereocenters. The summed E-state index contributed by atoms with van der Waals surface area (Å²) in [7, 11) is 2.21. The third kappa shape index (κ3) is 2.83. The van der Waals surface area contributed by atoms with Crippen LogP contribution in [-0.4, -0.2) is 41.0 Å². The Morgan fingerprint density at radius 2 is 1.94 bits per heavy atom. The van der Waals surface area contributed by atoms with Gasteiger partial charge in [0.2, 0.25) is 5.91 Å². The predicted molar refractivity (Wildman–Crippen MR) is 76.3 cm³/mol. The van der Waals surface area contributed by atoms with Gasteiger partial charge in [-0.15, -0.1) is 0 Å². The number of fused-ring (bicyclic) bond motifs is 2.